The maximum atomic E-state index is 4.31. The molecule has 0 aromatic carbocycles. The number of fused-ring (bicyclic) bond motifs is 1. The van der Waals surface area contributed by atoms with Gasteiger partial charge in [0.25, 0.3) is 0 Å². The van der Waals surface area contributed by atoms with Crippen molar-refractivity contribution in [1.29, 1.82) is 0 Å². The van der Waals surface area contributed by atoms with E-state index in [0.717, 1.165) is 22.6 Å². The standard InChI is InChI=1S/C11H9BrN4S/c12-9-7-15-11-10(13-3-4-16(9)11)14-6-8-2-1-5-17-8/h1-5,7H,6H2,(H,13,14). The Morgan fingerprint density at radius 1 is 1.41 bits per heavy atom. The van der Waals surface area contributed by atoms with Crippen LogP contribution >= 0.6 is 27.3 Å². The van der Waals surface area contributed by atoms with E-state index in [1.807, 2.05) is 16.7 Å². The maximum Gasteiger partial charge on any atom is 0.180 e. The number of rotatable bonds is 3. The lowest BCUT2D eigenvalue weighted by atomic mass is 10.4. The first-order valence-corrected chi connectivity index (χ1v) is 6.75. The summed E-state index contributed by atoms with van der Waals surface area (Å²) in [5.74, 6) is 0.798. The van der Waals surface area contributed by atoms with Crippen LogP contribution in [0.4, 0.5) is 5.82 Å². The van der Waals surface area contributed by atoms with E-state index >= 15 is 0 Å². The first-order valence-electron chi connectivity index (χ1n) is 5.08. The van der Waals surface area contributed by atoms with Gasteiger partial charge in [0.05, 0.1) is 12.7 Å². The van der Waals surface area contributed by atoms with Gasteiger partial charge in [0, 0.05) is 17.3 Å². The van der Waals surface area contributed by atoms with E-state index in [4.69, 9.17) is 0 Å². The molecule has 0 aliphatic heterocycles. The van der Waals surface area contributed by atoms with Gasteiger partial charge in [-0.1, -0.05) is 6.07 Å². The highest BCUT2D eigenvalue weighted by Crippen LogP contribution is 2.19. The summed E-state index contributed by atoms with van der Waals surface area (Å²) in [6.45, 7) is 0.773. The van der Waals surface area contributed by atoms with Crippen LogP contribution in [0.2, 0.25) is 0 Å². The molecule has 86 valence electrons. The molecule has 1 N–H and O–H groups in total. The number of halogens is 1. The zero-order chi connectivity index (χ0) is 11.7. The van der Waals surface area contributed by atoms with E-state index < -0.39 is 0 Å². The number of imidazole rings is 1. The monoisotopic (exact) mass is 308 g/mol. The smallest absolute Gasteiger partial charge is 0.180 e. The predicted molar refractivity (Wildman–Crippen MR) is 72.3 cm³/mol. The minimum absolute atomic E-state index is 0.773. The number of aromatic nitrogens is 3. The van der Waals surface area contributed by atoms with Crippen molar-refractivity contribution in [3.8, 4) is 0 Å². The van der Waals surface area contributed by atoms with E-state index in [1.165, 1.54) is 4.88 Å². The summed E-state index contributed by atoms with van der Waals surface area (Å²) in [6.07, 6.45) is 5.41. The fourth-order valence-corrected chi connectivity index (χ4v) is 2.63. The molecule has 3 rings (SSSR count). The van der Waals surface area contributed by atoms with Crippen molar-refractivity contribution in [2.75, 3.05) is 5.32 Å². The lowest BCUT2D eigenvalue weighted by molar-refractivity contribution is 1.07. The zero-order valence-corrected chi connectivity index (χ0v) is 11.2. The van der Waals surface area contributed by atoms with Gasteiger partial charge in [0.2, 0.25) is 0 Å². The molecule has 0 fully saturated rings. The predicted octanol–water partition coefficient (Wildman–Crippen LogP) is 3.17. The quantitative estimate of drug-likeness (QED) is 0.808. The average Bonchev–Trinajstić information content (AvgIpc) is 2.97. The van der Waals surface area contributed by atoms with Crippen molar-refractivity contribution in [2.45, 2.75) is 6.54 Å². The lowest BCUT2D eigenvalue weighted by Gasteiger charge is -2.05. The molecule has 3 aromatic heterocycles. The third kappa shape index (κ3) is 2.05. The Morgan fingerprint density at radius 2 is 2.35 bits per heavy atom. The van der Waals surface area contributed by atoms with Crippen LogP contribution in [0.15, 0.2) is 40.7 Å². The zero-order valence-electron chi connectivity index (χ0n) is 8.80. The topological polar surface area (TPSA) is 42.2 Å². The second kappa shape index (κ2) is 4.46. The van der Waals surface area contributed by atoms with Gasteiger partial charge in [0.15, 0.2) is 11.5 Å². The Bertz CT molecular complexity index is 632. The van der Waals surface area contributed by atoms with Gasteiger partial charge in [-0.05, 0) is 27.4 Å². The van der Waals surface area contributed by atoms with Crippen LogP contribution in [0.1, 0.15) is 4.88 Å². The summed E-state index contributed by atoms with van der Waals surface area (Å²) in [4.78, 5) is 9.90. The van der Waals surface area contributed by atoms with Gasteiger partial charge in [0.1, 0.15) is 4.60 Å². The Kier molecular flexibility index (Phi) is 2.82. The van der Waals surface area contributed by atoms with Crippen LogP contribution in [-0.2, 0) is 6.54 Å². The van der Waals surface area contributed by atoms with Crippen LogP contribution < -0.4 is 5.32 Å². The lowest BCUT2D eigenvalue weighted by Crippen LogP contribution is -2.02. The summed E-state index contributed by atoms with van der Waals surface area (Å²) in [6, 6.07) is 4.14. The molecule has 0 aliphatic rings. The molecule has 0 unspecified atom stereocenters. The molecule has 3 heterocycles. The van der Waals surface area contributed by atoms with Gasteiger partial charge in [-0.3, -0.25) is 4.40 Å². The number of thiophene rings is 1. The van der Waals surface area contributed by atoms with Gasteiger partial charge < -0.3 is 5.32 Å². The largest absolute Gasteiger partial charge is 0.362 e. The Labute approximate surface area is 110 Å². The van der Waals surface area contributed by atoms with Gasteiger partial charge in [-0.2, -0.15) is 0 Å². The maximum absolute atomic E-state index is 4.31. The second-order valence-corrected chi connectivity index (χ2v) is 5.33. The highest BCUT2D eigenvalue weighted by molar-refractivity contribution is 9.10. The molecular weight excluding hydrogens is 300 g/mol. The number of nitrogens with zero attached hydrogens (tertiary/aromatic N) is 3. The van der Waals surface area contributed by atoms with Crippen LogP contribution in [-0.4, -0.2) is 14.4 Å². The van der Waals surface area contributed by atoms with Crippen LogP contribution in [0, 0.1) is 0 Å². The number of anilines is 1. The summed E-state index contributed by atoms with van der Waals surface area (Å²) in [7, 11) is 0. The third-order valence-electron chi connectivity index (χ3n) is 2.39. The molecule has 3 aromatic rings. The van der Waals surface area contributed by atoms with Crippen LogP contribution in [0.5, 0.6) is 0 Å². The van der Waals surface area contributed by atoms with Crippen molar-refractivity contribution in [3.63, 3.8) is 0 Å². The molecule has 4 nitrogen and oxygen atoms in total. The van der Waals surface area contributed by atoms with E-state index in [1.54, 1.807) is 23.7 Å². The molecular formula is C11H9BrN4S. The molecule has 0 amide bonds. The second-order valence-electron chi connectivity index (χ2n) is 3.48. The van der Waals surface area contributed by atoms with Crippen molar-refractivity contribution >= 4 is 38.7 Å². The Hall–Kier alpha value is -1.40. The van der Waals surface area contributed by atoms with Crippen molar-refractivity contribution in [1.82, 2.24) is 14.4 Å². The number of hydrogen-bond donors (Lipinski definition) is 1. The first-order chi connectivity index (χ1) is 8.34. The van der Waals surface area contributed by atoms with E-state index in [9.17, 15) is 0 Å². The van der Waals surface area contributed by atoms with Crippen LogP contribution in [0.3, 0.4) is 0 Å². The molecule has 0 aliphatic carbocycles. The molecule has 0 saturated heterocycles. The Balaban J connectivity index is 1.90. The van der Waals surface area contributed by atoms with E-state index in [-0.39, 0.29) is 0 Å². The SMILES string of the molecule is Brc1cnc2c(NCc3cccs3)nccn12. The highest BCUT2D eigenvalue weighted by Gasteiger charge is 2.06. The number of nitrogens with one attached hydrogen (secondary N) is 1. The molecule has 0 atom stereocenters. The highest BCUT2D eigenvalue weighted by atomic mass is 79.9. The van der Waals surface area contributed by atoms with Crippen molar-refractivity contribution < 1.29 is 0 Å². The molecule has 17 heavy (non-hydrogen) atoms. The van der Waals surface area contributed by atoms with E-state index in [0.29, 0.717) is 0 Å². The Morgan fingerprint density at radius 3 is 3.18 bits per heavy atom. The molecule has 6 heteroatoms. The summed E-state index contributed by atoms with van der Waals surface area (Å²) in [5.41, 5.74) is 0.830. The fraction of sp³-hybridized carbons (Fsp3) is 0.0909. The third-order valence-corrected chi connectivity index (χ3v) is 3.86. The summed E-state index contributed by atoms with van der Waals surface area (Å²) < 4.78 is 2.87. The molecule has 0 saturated carbocycles. The summed E-state index contributed by atoms with van der Waals surface area (Å²) in [5, 5.41) is 5.37. The number of hydrogen-bond acceptors (Lipinski definition) is 4. The minimum Gasteiger partial charge on any atom is -0.362 e. The molecule has 0 spiro atoms. The summed E-state index contributed by atoms with van der Waals surface area (Å²) >= 11 is 5.16. The van der Waals surface area contributed by atoms with Crippen molar-refractivity contribution in [2.24, 2.45) is 0 Å². The molecule has 0 radical (unpaired) electrons. The van der Waals surface area contributed by atoms with Gasteiger partial charge in [-0.15, -0.1) is 11.3 Å². The molecule has 0 bridgehead atoms. The normalized spacial score (nSPS) is 10.9. The van der Waals surface area contributed by atoms with E-state index in [2.05, 4.69) is 42.7 Å². The van der Waals surface area contributed by atoms with Crippen LogP contribution in [0.25, 0.3) is 5.65 Å². The minimum atomic E-state index is 0.773. The fourth-order valence-electron chi connectivity index (χ4n) is 1.60. The van der Waals surface area contributed by atoms with Crippen molar-refractivity contribution in [3.05, 3.63) is 45.6 Å². The van der Waals surface area contributed by atoms with Gasteiger partial charge in [-0.25, -0.2) is 9.97 Å². The average molecular weight is 309 g/mol. The first kappa shape index (κ1) is 10.7. The van der Waals surface area contributed by atoms with Gasteiger partial charge >= 0.3 is 0 Å².